The van der Waals surface area contributed by atoms with Gasteiger partial charge in [0.15, 0.2) is 0 Å². The number of hydrogen-bond acceptors (Lipinski definition) is 0. The van der Waals surface area contributed by atoms with Crippen molar-refractivity contribution in [3.8, 4) is 0 Å². The molecule has 0 aromatic carbocycles. The molecule has 0 aromatic heterocycles. The van der Waals surface area contributed by atoms with E-state index in [-0.39, 0.29) is 0 Å². The standard InChI is InChI=1S/C22H38/c1-2-4-6-11-20-12-9-8-10-18-16-19(18)14-15-22(20)17-21(22)13-7-5-3-1/h18-21H,1-17H2. The summed E-state index contributed by atoms with van der Waals surface area (Å²) in [5.74, 6) is 4.59. The van der Waals surface area contributed by atoms with Crippen LogP contribution < -0.4 is 0 Å². The molecule has 5 unspecified atom stereocenters. The second-order valence-electron chi connectivity index (χ2n) is 9.46. The van der Waals surface area contributed by atoms with Crippen molar-refractivity contribution in [2.24, 2.45) is 29.1 Å². The van der Waals surface area contributed by atoms with Crippen LogP contribution in [0.4, 0.5) is 0 Å². The van der Waals surface area contributed by atoms with Crippen molar-refractivity contribution in [2.75, 3.05) is 0 Å². The summed E-state index contributed by atoms with van der Waals surface area (Å²) in [5.41, 5.74) is 0.851. The summed E-state index contributed by atoms with van der Waals surface area (Å²) in [7, 11) is 0. The summed E-state index contributed by atoms with van der Waals surface area (Å²) in [6.07, 6.45) is 26.6. The maximum absolute atomic E-state index is 1.63. The minimum Gasteiger partial charge on any atom is -0.0533 e. The van der Waals surface area contributed by atoms with Crippen molar-refractivity contribution in [1.29, 1.82) is 0 Å². The molecule has 4 saturated carbocycles. The average molecular weight is 303 g/mol. The van der Waals surface area contributed by atoms with Gasteiger partial charge in [-0.1, -0.05) is 64.2 Å². The van der Waals surface area contributed by atoms with Crippen molar-refractivity contribution in [3.63, 3.8) is 0 Å². The molecule has 0 nitrogen and oxygen atoms in total. The molecule has 0 radical (unpaired) electrons. The fourth-order valence-electron chi connectivity index (χ4n) is 6.45. The van der Waals surface area contributed by atoms with Gasteiger partial charge in [0.05, 0.1) is 0 Å². The molecular formula is C22H38. The maximum Gasteiger partial charge on any atom is -0.0238 e. The number of hydrogen-bond donors (Lipinski definition) is 0. The first-order valence-electron chi connectivity index (χ1n) is 10.9. The van der Waals surface area contributed by atoms with Gasteiger partial charge >= 0.3 is 0 Å². The monoisotopic (exact) mass is 302 g/mol. The highest BCUT2D eigenvalue weighted by molar-refractivity contribution is 5.07. The summed E-state index contributed by atoms with van der Waals surface area (Å²) in [5, 5.41) is 0. The summed E-state index contributed by atoms with van der Waals surface area (Å²) in [6.45, 7) is 0. The Hall–Kier alpha value is 0. The second-order valence-corrected chi connectivity index (χ2v) is 9.46. The van der Waals surface area contributed by atoms with E-state index in [9.17, 15) is 0 Å². The Balaban J connectivity index is 1.44. The van der Waals surface area contributed by atoms with Gasteiger partial charge < -0.3 is 0 Å². The Morgan fingerprint density at radius 3 is 1.82 bits per heavy atom. The molecule has 0 amide bonds. The number of rotatable bonds is 0. The van der Waals surface area contributed by atoms with Crippen molar-refractivity contribution in [3.05, 3.63) is 0 Å². The van der Waals surface area contributed by atoms with Crippen LogP contribution >= 0.6 is 0 Å². The van der Waals surface area contributed by atoms with Gasteiger partial charge in [0.1, 0.15) is 0 Å². The van der Waals surface area contributed by atoms with E-state index in [1.807, 2.05) is 0 Å². The molecule has 0 N–H and O–H groups in total. The van der Waals surface area contributed by atoms with E-state index in [0.29, 0.717) is 0 Å². The van der Waals surface area contributed by atoms with Crippen LogP contribution in [0.1, 0.15) is 109 Å². The Labute approximate surface area is 138 Å². The Morgan fingerprint density at radius 1 is 0.500 bits per heavy atom. The summed E-state index contributed by atoms with van der Waals surface area (Å²) < 4.78 is 0. The molecule has 1 spiro atoms. The van der Waals surface area contributed by atoms with Crippen LogP contribution in [0.3, 0.4) is 0 Å². The van der Waals surface area contributed by atoms with Gasteiger partial charge in [-0.2, -0.15) is 0 Å². The zero-order chi connectivity index (χ0) is 14.8. The zero-order valence-corrected chi connectivity index (χ0v) is 14.8. The summed E-state index contributed by atoms with van der Waals surface area (Å²) in [4.78, 5) is 0. The molecule has 4 rings (SSSR count). The lowest BCUT2D eigenvalue weighted by atomic mass is 9.75. The van der Waals surface area contributed by atoms with Gasteiger partial charge in [-0.3, -0.25) is 0 Å². The van der Waals surface area contributed by atoms with Crippen LogP contribution in [0.25, 0.3) is 0 Å². The predicted octanol–water partition coefficient (Wildman–Crippen LogP) is 7.12. The molecule has 22 heavy (non-hydrogen) atoms. The van der Waals surface area contributed by atoms with Crippen molar-refractivity contribution < 1.29 is 0 Å². The molecule has 0 saturated heterocycles. The largest absolute Gasteiger partial charge is 0.0533 e. The predicted molar refractivity (Wildman–Crippen MR) is 94.9 cm³/mol. The van der Waals surface area contributed by atoms with E-state index >= 15 is 0 Å². The Morgan fingerprint density at radius 2 is 1.05 bits per heavy atom. The van der Waals surface area contributed by atoms with Crippen LogP contribution in [0.5, 0.6) is 0 Å². The maximum atomic E-state index is 1.63. The van der Waals surface area contributed by atoms with Crippen LogP contribution in [0.15, 0.2) is 0 Å². The third kappa shape index (κ3) is 3.41. The molecule has 5 atom stereocenters. The topological polar surface area (TPSA) is 0 Å². The second kappa shape index (κ2) is 6.86. The Kier molecular flexibility index (Phi) is 4.84. The first-order chi connectivity index (χ1) is 10.9. The van der Waals surface area contributed by atoms with Gasteiger partial charge in [-0.05, 0) is 74.0 Å². The minimum atomic E-state index is 0.851. The normalized spacial score (nSPS) is 46.9. The van der Waals surface area contributed by atoms with E-state index in [2.05, 4.69) is 0 Å². The summed E-state index contributed by atoms with van der Waals surface area (Å²) in [6, 6.07) is 0. The van der Waals surface area contributed by atoms with E-state index < -0.39 is 0 Å². The fraction of sp³-hybridized carbons (Fsp3) is 1.00. The van der Waals surface area contributed by atoms with Gasteiger partial charge in [-0.15, -0.1) is 0 Å². The molecule has 0 aromatic rings. The molecule has 0 heterocycles. The molecule has 0 bridgehead atoms. The van der Waals surface area contributed by atoms with Crippen molar-refractivity contribution in [2.45, 2.75) is 109 Å². The van der Waals surface area contributed by atoms with E-state index in [0.717, 1.165) is 29.1 Å². The van der Waals surface area contributed by atoms with E-state index in [1.54, 1.807) is 77.0 Å². The molecule has 4 aliphatic carbocycles. The fourth-order valence-corrected chi connectivity index (χ4v) is 6.45. The molecule has 4 aliphatic rings. The van der Waals surface area contributed by atoms with Gasteiger partial charge in [0.2, 0.25) is 0 Å². The first kappa shape index (κ1) is 15.5. The highest BCUT2D eigenvalue weighted by atomic mass is 14.6. The zero-order valence-electron chi connectivity index (χ0n) is 14.8. The lowest BCUT2D eigenvalue weighted by molar-refractivity contribution is 0.200. The molecule has 0 heteroatoms. The SMILES string of the molecule is C1CCCCC2CCCCC3CC3CCC23CC3CCCC1. The van der Waals surface area contributed by atoms with Crippen LogP contribution in [-0.2, 0) is 0 Å². The Bertz CT molecular complexity index is 359. The first-order valence-corrected chi connectivity index (χ1v) is 10.9. The quantitative estimate of drug-likeness (QED) is 0.446. The summed E-state index contributed by atoms with van der Waals surface area (Å²) >= 11 is 0. The van der Waals surface area contributed by atoms with Crippen molar-refractivity contribution >= 4 is 0 Å². The van der Waals surface area contributed by atoms with Crippen LogP contribution in [0.2, 0.25) is 0 Å². The third-order valence-electron chi connectivity index (χ3n) is 8.12. The van der Waals surface area contributed by atoms with Crippen molar-refractivity contribution in [1.82, 2.24) is 0 Å². The van der Waals surface area contributed by atoms with E-state index in [4.69, 9.17) is 0 Å². The van der Waals surface area contributed by atoms with Crippen LogP contribution in [0, 0.1) is 29.1 Å². The lowest BCUT2D eigenvalue weighted by Gasteiger charge is -2.30. The van der Waals surface area contributed by atoms with Crippen LogP contribution in [-0.4, -0.2) is 0 Å². The minimum absolute atomic E-state index is 0.851. The lowest BCUT2D eigenvalue weighted by Crippen LogP contribution is -2.20. The number of fused-ring (bicyclic) bond motifs is 1. The van der Waals surface area contributed by atoms with Gasteiger partial charge in [-0.25, -0.2) is 0 Å². The van der Waals surface area contributed by atoms with Gasteiger partial charge in [0, 0.05) is 0 Å². The average Bonchev–Trinajstić information content (AvgIpc) is 3.40. The molecular weight excluding hydrogens is 264 g/mol. The highest BCUT2D eigenvalue weighted by Gasteiger charge is 2.57. The van der Waals surface area contributed by atoms with Gasteiger partial charge in [0.25, 0.3) is 0 Å². The molecule has 0 aliphatic heterocycles. The highest BCUT2D eigenvalue weighted by Crippen LogP contribution is 2.66. The smallest absolute Gasteiger partial charge is 0.0238 e. The molecule has 4 fully saturated rings. The van der Waals surface area contributed by atoms with E-state index in [1.165, 1.54) is 32.1 Å². The third-order valence-corrected chi connectivity index (χ3v) is 8.12. The molecule has 126 valence electrons.